The average molecular weight is 275 g/mol. The fourth-order valence-electron chi connectivity index (χ4n) is 1.00. The van der Waals surface area contributed by atoms with Gasteiger partial charge in [0.05, 0.1) is 12.0 Å². The number of halogens is 1. The molecule has 2 N–H and O–H groups in total. The van der Waals surface area contributed by atoms with Gasteiger partial charge in [0, 0.05) is 16.2 Å². The Kier molecular flexibility index (Phi) is 3.25. The van der Waals surface area contributed by atoms with Crippen LogP contribution >= 0.6 is 15.9 Å². The molecule has 0 fully saturated rings. The number of methoxy groups -OCH3 is 1. The smallest absolute Gasteiger partial charge is 0.344 e. The summed E-state index contributed by atoms with van der Waals surface area (Å²) >= 11 is 3.04. The van der Waals surface area contributed by atoms with Crippen LogP contribution in [0.25, 0.3) is 0 Å². The first-order chi connectivity index (χ1) is 6.97. The van der Waals surface area contributed by atoms with Crippen LogP contribution in [0.4, 0.5) is 11.4 Å². The van der Waals surface area contributed by atoms with E-state index in [1.165, 1.54) is 12.1 Å². The van der Waals surface area contributed by atoms with Crippen molar-refractivity contribution in [2.45, 2.75) is 0 Å². The molecule has 15 heavy (non-hydrogen) atoms. The largest absolute Gasteiger partial charge is 0.465 e. The average Bonchev–Trinajstić information content (AvgIpc) is 2.20. The van der Waals surface area contributed by atoms with Gasteiger partial charge >= 0.3 is 5.97 Å². The number of esters is 1. The van der Waals surface area contributed by atoms with Gasteiger partial charge in [-0.2, -0.15) is 0 Å². The van der Waals surface area contributed by atoms with Crippen LogP contribution in [-0.2, 0) is 4.74 Å². The first kappa shape index (κ1) is 11.4. The number of carbonyl (C=O) groups excluding carboxylic acids is 1. The Morgan fingerprint density at radius 2 is 2.20 bits per heavy atom. The van der Waals surface area contributed by atoms with Gasteiger partial charge in [-0.15, -0.1) is 0 Å². The summed E-state index contributed by atoms with van der Waals surface area (Å²) in [5, 5.41) is 10.6. The van der Waals surface area contributed by atoms with Gasteiger partial charge in [-0.1, -0.05) is 0 Å². The highest BCUT2D eigenvalue weighted by Gasteiger charge is 2.22. The quantitative estimate of drug-likeness (QED) is 0.383. The topological polar surface area (TPSA) is 95.5 Å². The third kappa shape index (κ3) is 2.24. The fraction of sp³-hybridized carbons (Fsp3) is 0.125. The summed E-state index contributed by atoms with van der Waals surface area (Å²) in [6.45, 7) is 0. The minimum absolute atomic E-state index is 0.164. The molecule has 0 aliphatic carbocycles. The van der Waals surface area contributed by atoms with Crippen molar-refractivity contribution < 1.29 is 14.5 Å². The maximum absolute atomic E-state index is 11.2. The number of carbonyl (C=O) groups is 1. The zero-order valence-corrected chi connectivity index (χ0v) is 9.28. The second-order valence-electron chi connectivity index (χ2n) is 2.64. The Labute approximate surface area is 93.3 Å². The summed E-state index contributed by atoms with van der Waals surface area (Å²) < 4.78 is 4.77. The number of nitrogen functional groups attached to an aromatic ring is 1. The van der Waals surface area contributed by atoms with Gasteiger partial charge in [-0.25, -0.2) is 4.79 Å². The number of rotatable bonds is 2. The number of hydrogen-bond acceptors (Lipinski definition) is 5. The zero-order chi connectivity index (χ0) is 11.6. The molecule has 6 nitrogen and oxygen atoms in total. The summed E-state index contributed by atoms with van der Waals surface area (Å²) in [5.74, 6) is -0.791. The van der Waals surface area contributed by atoms with Crippen LogP contribution in [0.5, 0.6) is 0 Å². The monoisotopic (exact) mass is 274 g/mol. The number of nitro groups is 1. The Morgan fingerprint density at radius 3 is 2.67 bits per heavy atom. The van der Waals surface area contributed by atoms with E-state index < -0.39 is 10.9 Å². The van der Waals surface area contributed by atoms with Crippen molar-refractivity contribution in [1.82, 2.24) is 0 Å². The highest BCUT2D eigenvalue weighted by Crippen LogP contribution is 2.29. The van der Waals surface area contributed by atoms with E-state index >= 15 is 0 Å². The molecule has 0 aliphatic heterocycles. The van der Waals surface area contributed by atoms with E-state index in [-0.39, 0.29) is 16.9 Å². The number of nitrogens with zero attached hydrogens (tertiary/aromatic N) is 1. The molecule has 0 aromatic heterocycles. The maximum atomic E-state index is 11.2. The lowest BCUT2D eigenvalue weighted by Crippen LogP contribution is -2.06. The molecule has 0 spiro atoms. The fourth-order valence-corrected chi connectivity index (χ4v) is 1.34. The molecule has 0 saturated heterocycles. The van der Waals surface area contributed by atoms with Crippen molar-refractivity contribution in [3.63, 3.8) is 0 Å². The van der Waals surface area contributed by atoms with Gasteiger partial charge in [0.25, 0.3) is 5.69 Å². The Balaban J connectivity index is 3.41. The number of ether oxygens (including phenoxy) is 1. The normalized spacial score (nSPS) is 9.73. The van der Waals surface area contributed by atoms with Gasteiger partial charge in [0.1, 0.15) is 5.56 Å². The molecule has 0 unspecified atom stereocenters. The molecule has 1 aromatic rings. The van der Waals surface area contributed by atoms with Crippen molar-refractivity contribution in [1.29, 1.82) is 0 Å². The molecule has 1 aromatic carbocycles. The third-order valence-electron chi connectivity index (χ3n) is 1.72. The van der Waals surface area contributed by atoms with Crippen molar-refractivity contribution in [2.24, 2.45) is 0 Å². The summed E-state index contributed by atoms with van der Waals surface area (Å²) in [6.07, 6.45) is 0. The van der Waals surface area contributed by atoms with Crippen LogP contribution in [-0.4, -0.2) is 18.0 Å². The lowest BCUT2D eigenvalue weighted by molar-refractivity contribution is -0.385. The van der Waals surface area contributed by atoms with E-state index in [1.54, 1.807) is 0 Å². The predicted octanol–water partition coefficient (Wildman–Crippen LogP) is 1.73. The van der Waals surface area contributed by atoms with E-state index in [0.717, 1.165) is 7.11 Å². The molecule has 0 saturated carbocycles. The Bertz CT molecular complexity index is 433. The number of hydrogen-bond donors (Lipinski definition) is 1. The van der Waals surface area contributed by atoms with E-state index in [1.807, 2.05) is 0 Å². The van der Waals surface area contributed by atoms with Crippen LogP contribution in [0.15, 0.2) is 16.6 Å². The van der Waals surface area contributed by atoms with Crippen LogP contribution in [0.3, 0.4) is 0 Å². The van der Waals surface area contributed by atoms with Gasteiger partial charge < -0.3 is 10.5 Å². The summed E-state index contributed by atoms with van der Waals surface area (Å²) in [5.41, 5.74) is 5.23. The second-order valence-corrected chi connectivity index (χ2v) is 3.49. The second kappa shape index (κ2) is 4.26. The molecular formula is C8H7BrN2O4. The number of benzene rings is 1. The highest BCUT2D eigenvalue weighted by atomic mass is 79.9. The lowest BCUT2D eigenvalue weighted by Gasteiger charge is -2.03. The van der Waals surface area contributed by atoms with Gasteiger partial charge in [-0.3, -0.25) is 10.1 Å². The summed E-state index contributed by atoms with van der Waals surface area (Å²) in [6, 6.07) is 2.37. The van der Waals surface area contributed by atoms with Gasteiger partial charge in [0.2, 0.25) is 0 Å². The molecule has 0 bridgehead atoms. The first-order valence-electron chi connectivity index (χ1n) is 3.79. The summed E-state index contributed by atoms with van der Waals surface area (Å²) in [4.78, 5) is 21.2. The van der Waals surface area contributed by atoms with Crippen molar-refractivity contribution >= 4 is 33.3 Å². The Morgan fingerprint density at radius 1 is 1.60 bits per heavy atom. The van der Waals surface area contributed by atoms with E-state index in [4.69, 9.17) is 5.73 Å². The number of anilines is 1. The molecule has 0 amide bonds. The molecule has 80 valence electrons. The molecule has 0 radical (unpaired) electrons. The van der Waals surface area contributed by atoms with Crippen LogP contribution in [0, 0.1) is 10.1 Å². The van der Waals surface area contributed by atoms with Crippen LogP contribution in [0.2, 0.25) is 0 Å². The van der Waals surface area contributed by atoms with E-state index in [9.17, 15) is 14.9 Å². The van der Waals surface area contributed by atoms with Gasteiger partial charge in [0.15, 0.2) is 0 Å². The van der Waals surface area contributed by atoms with E-state index in [2.05, 4.69) is 20.7 Å². The molecule has 1 rings (SSSR count). The highest BCUT2D eigenvalue weighted by molar-refractivity contribution is 9.10. The van der Waals surface area contributed by atoms with Gasteiger partial charge in [-0.05, 0) is 22.0 Å². The van der Waals surface area contributed by atoms with Crippen molar-refractivity contribution in [3.8, 4) is 0 Å². The van der Waals surface area contributed by atoms with E-state index in [0.29, 0.717) is 4.47 Å². The lowest BCUT2D eigenvalue weighted by atomic mass is 10.1. The molecule has 0 heterocycles. The zero-order valence-electron chi connectivity index (χ0n) is 7.69. The predicted molar refractivity (Wildman–Crippen MR) is 56.5 cm³/mol. The molecule has 7 heteroatoms. The third-order valence-corrected chi connectivity index (χ3v) is 2.40. The number of nitro benzene ring substituents is 1. The van der Waals surface area contributed by atoms with Crippen molar-refractivity contribution in [2.75, 3.05) is 12.8 Å². The standard InChI is InChI=1S/C8H7BrN2O4/c1-15-8(12)4-2-6(10)5(9)3-7(4)11(13)14/h2-3H,10H2,1H3. The van der Waals surface area contributed by atoms with Crippen LogP contribution in [0.1, 0.15) is 10.4 Å². The van der Waals surface area contributed by atoms with Crippen LogP contribution < -0.4 is 5.73 Å². The number of nitrogens with two attached hydrogens (primary N) is 1. The minimum atomic E-state index is -0.791. The first-order valence-corrected chi connectivity index (χ1v) is 4.58. The molecule has 0 atom stereocenters. The summed E-state index contributed by atoms with van der Waals surface area (Å²) in [7, 11) is 1.14. The van der Waals surface area contributed by atoms with Crippen molar-refractivity contribution in [3.05, 3.63) is 32.3 Å². The maximum Gasteiger partial charge on any atom is 0.344 e. The molecular weight excluding hydrogens is 268 g/mol. The molecule has 0 aliphatic rings. The SMILES string of the molecule is COC(=O)c1cc(N)c(Br)cc1[N+](=O)[O-]. The minimum Gasteiger partial charge on any atom is -0.465 e. The Hall–Kier alpha value is -1.63.